The van der Waals surface area contributed by atoms with Crippen LogP contribution < -0.4 is 14.8 Å². The van der Waals surface area contributed by atoms with Crippen LogP contribution in [-0.4, -0.2) is 62.9 Å². The summed E-state index contributed by atoms with van der Waals surface area (Å²) in [6, 6.07) is 12.5. The van der Waals surface area contributed by atoms with Crippen molar-refractivity contribution < 1.29 is 19.1 Å². The largest absolute Gasteiger partial charge is 0.486 e. The van der Waals surface area contributed by atoms with Crippen molar-refractivity contribution in [2.45, 2.75) is 11.7 Å². The van der Waals surface area contributed by atoms with E-state index in [4.69, 9.17) is 9.47 Å². The third-order valence-electron chi connectivity index (χ3n) is 4.70. The van der Waals surface area contributed by atoms with Crippen molar-refractivity contribution in [2.75, 3.05) is 31.3 Å². The minimum absolute atomic E-state index is 0.122. The normalized spacial score (nSPS) is 12.3. The lowest BCUT2D eigenvalue weighted by molar-refractivity contribution is -0.113. The Morgan fingerprint density at radius 2 is 1.88 bits per heavy atom. The highest BCUT2D eigenvalue weighted by Crippen LogP contribution is 2.31. The van der Waals surface area contributed by atoms with Crippen LogP contribution in [-0.2, 0) is 18.4 Å². The molecule has 0 saturated heterocycles. The van der Waals surface area contributed by atoms with E-state index in [1.165, 1.54) is 16.4 Å². The molecule has 1 aromatic heterocycles. The van der Waals surface area contributed by atoms with E-state index in [0.29, 0.717) is 41.9 Å². The summed E-state index contributed by atoms with van der Waals surface area (Å²) in [5.41, 5.74) is 2.09. The van der Waals surface area contributed by atoms with Gasteiger partial charge in [0.15, 0.2) is 11.5 Å². The summed E-state index contributed by atoms with van der Waals surface area (Å²) in [4.78, 5) is 26.6. The van der Waals surface area contributed by atoms with Gasteiger partial charge >= 0.3 is 0 Å². The molecule has 32 heavy (non-hydrogen) atoms. The maximum absolute atomic E-state index is 12.8. The summed E-state index contributed by atoms with van der Waals surface area (Å²) in [5.74, 6) is 1.28. The molecule has 10 nitrogen and oxygen atoms in total. The summed E-state index contributed by atoms with van der Waals surface area (Å²) in [6.45, 7) is 1.49. The first-order chi connectivity index (χ1) is 15.5. The van der Waals surface area contributed by atoms with Crippen LogP contribution in [0.2, 0.25) is 0 Å². The van der Waals surface area contributed by atoms with E-state index in [1.54, 1.807) is 43.3 Å². The molecule has 4 rings (SSSR count). The van der Waals surface area contributed by atoms with E-state index in [1.807, 2.05) is 18.2 Å². The van der Waals surface area contributed by atoms with Crippen molar-refractivity contribution >= 4 is 29.3 Å². The molecule has 0 atom stereocenters. The van der Waals surface area contributed by atoms with E-state index >= 15 is 0 Å². The van der Waals surface area contributed by atoms with E-state index in [9.17, 15) is 9.59 Å². The van der Waals surface area contributed by atoms with E-state index in [-0.39, 0.29) is 17.6 Å². The van der Waals surface area contributed by atoms with Crippen molar-refractivity contribution in [2.24, 2.45) is 7.05 Å². The second-order valence-electron chi connectivity index (χ2n) is 7.14. The Labute approximate surface area is 188 Å². The first-order valence-corrected chi connectivity index (χ1v) is 10.9. The molecule has 2 amide bonds. The Morgan fingerprint density at radius 1 is 1.12 bits per heavy atom. The molecule has 1 N–H and O–H groups in total. The lowest BCUT2D eigenvalue weighted by Gasteiger charge is -2.21. The van der Waals surface area contributed by atoms with Gasteiger partial charge in [-0.15, -0.1) is 5.10 Å². The number of tetrazole rings is 1. The molecule has 11 heteroatoms. The zero-order valence-electron chi connectivity index (χ0n) is 17.6. The van der Waals surface area contributed by atoms with Crippen LogP contribution in [0.1, 0.15) is 15.9 Å². The Balaban J connectivity index is 1.31. The zero-order chi connectivity index (χ0) is 22.5. The number of aromatic nitrogens is 4. The third-order valence-corrected chi connectivity index (χ3v) is 5.71. The van der Waals surface area contributed by atoms with Crippen molar-refractivity contribution in [3.05, 3.63) is 53.6 Å². The molecule has 0 unspecified atom stereocenters. The van der Waals surface area contributed by atoms with Crippen LogP contribution in [0, 0.1) is 0 Å². The van der Waals surface area contributed by atoms with Crippen LogP contribution >= 0.6 is 11.8 Å². The Bertz CT molecular complexity index is 1120. The van der Waals surface area contributed by atoms with Gasteiger partial charge in [-0.1, -0.05) is 17.8 Å². The van der Waals surface area contributed by atoms with E-state index in [2.05, 4.69) is 20.8 Å². The summed E-state index contributed by atoms with van der Waals surface area (Å²) in [5, 5.41) is 14.4. The summed E-state index contributed by atoms with van der Waals surface area (Å²) in [7, 11) is 3.45. The maximum atomic E-state index is 12.8. The van der Waals surface area contributed by atoms with Crippen molar-refractivity contribution in [1.82, 2.24) is 25.1 Å². The zero-order valence-corrected chi connectivity index (χ0v) is 18.5. The van der Waals surface area contributed by atoms with Crippen molar-refractivity contribution in [1.29, 1.82) is 0 Å². The van der Waals surface area contributed by atoms with E-state index in [0.717, 1.165) is 11.3 Å². The number of hydrogen-bond donors (Lipinski definition) is 1. The monoisotopic (exact) mass is 454 g/mol. The molecular formula is C21H22N6O4S. The Kier molecular flexibility index (Phi) is 6.55. The van der Waals surface area contributed by atoms with Gasteiger partial charge in [-0.3, -0.25) is 9.59 Å². The number of carbonyl (C=O) groups is 2. The molecule has 166 valence electrons. The molecular weight excluding hydrogens is 432 g/mol. The summed E-state index contributed by atoms with van der Waals surface area (Å²) in [6.07, 6.45) is 0. The molecule has 0 radical (unpaired) electrons. The fourth-order valence-corrected chi connectivity index (χ4v) is 3.77. The predicted octanol–water partition coefficient (Wildman–Crippen LogP) is 1.98. The molecule has 1 aliphatic heterocycles. The molecule has 3 aromatic rings. The number of thioether (sulfide) groups is 1. The Morgan fingerprint density at radius 3 is 2.59 bits per heavy atom. The van der Waals surface area contributed by atoms with E-state index < -0.39 is 0 Å². The quantitative estimate of drug-likeness (QED) is 0.540. The number of amides is 2. The van der Waals surface area contributed by atoms with Crippen LogP contribution in [0.4, 0.5) is 5.69 Å². The minimum Gasteiger partial charge on any atom is -0.486 e. The van der Waals surface area contributed by atoms with Gasteiger partial charge in [0.05, 0.1) is 5.75 Å². The number of anilines is 1. The predicted molar refractivity (Wildman–Crippen MR) is 118 cm³/mol. The highest BCUT2D eigenvalue weighted by Gasteiger charge is 2.16. The van der Waals surface area contributed by atoms with Gasteiger partial charge in [0.1, 0.15) is 13.2 Å². The van der Waals surface area contributed by atoms with Crippen LogP contribution in [0.5, 0.6) is 11.5 Å². The molecule has 0 aliphatic carbocycles. The topological polar surface area (TPSA) is 111 Å². The highest BCUT2D eigenvalue weighted by atomic mass is 32.2. The van der Waals surface area contributed by atoms with Crippen LogP contribution in [0.3, 0.4) is 0 Å². The first kappa shape index (κ1) is 21.6. The standard InChI is InChI=1S/C21H22N6O4S/c1-26(12-14-3-8-17-18(11-14)31-10-9-30-17)20(29)15-4-6-16(7-5-15)22-19(28)13-32-21-23-24-25-27(21)2/h3-8,11H,9-10,12-13H2,1-2H3,(H,22,28). The average Bonchev–Trinajstić information content (AvgIpc) is 3.22. The van der Waals surface area contributed by atoms with Crippen molar-refractivity contribution in [3.63, 3.8) is 0 Å². The summed E-state index contributed by atoms with van der Waals surface area (Å²) >= 11 is 1.24. The number of ether oxygens (including phenoxy) is 2. The number of rotatable bonds is 7. The highest BCUT2D eigenvalue weighted by molar-refractivity contribution is 7.99. The average molecular weight is 455 g/mol. The van der Waals surface area contributed by atoms with Gasteiger partial charge in [-0.25, -0.2) is 4.68 Å². The molecule has 1 aliphatic rings. The lowest BCUT2D eigenvalue weighted by Crippen LogP contribution is -2.26. The number of nitrogens with one attached hydrogen (secondary N) is 1. The number of carbonyl (C=O) groups excluding carboxylic acids is 2. The summed E-state index contributed by atoms with van der Waals surface area (Å²) < 4.78 is 12.6. The molecule has 0 saturated carbocycles. The van der Waals surface area contributed by atoms with Gasteiger partial charge in [0, 0.05) is 31.9 Å². The van der Waals surface area contributed by atoms with Crippen LogP contribution in [0.25, 0.3) is 0 Å². The SMILES string of the molecule is CN(Cc1ccc2c(c1)OCCO2)C(=O)c1ccc(NC(=O)CSc2nnnn2C)cc1. The molecule has 0 spiro atoms. The smallest absolute Gasteiger partial charge is 0.253 e. The fraction of sp³-hybridized carbons (Fsp3) is 0.286. The molecule has 0 bridgehead atoms. The van der Waals surface area contributed by atoms with Crippen molar-refractivity contribution in [3.8, 4) is 11.5 Å². The number of fused-ring (bicyclic) bond motifs is 1. The van der Waals surface area contributed by atoms with Gasteiger partial charge in [0.25, 0.3) is 5.91 Å². The first-order valence-electron chi connectivity index (χ1n) is 9.88. The Hall–Kier alpha value is -3.60. The fourth-order valence-electron chi connectivity index (χ4n) is 3.12. The van der Waals surface area contributed by atoms with Crippen LogP contribution in [0.15, 0.2) is 47.6 Å². The lowest BCUT2D eigenvalue weighted by atomic mass is 10.1. The molecule has 2 heterocycles. The second kappa shape index (κ2) is 9.69. The number of benzene rings is 2. The van der Waals surface area contributed by atoms with Gasteiger partial charge in [-0.05, 0) is 52.4 Å². The third kappa shape index (κ3) is 5.17. The number of aryl methyl sites for hydroxylation is 1. The molecule has 2 aromatic carbocycles. The number of hydrogen-bond acceptors (Lipinski definition) is 8. The van der Waals surface area contributed by atoms with Gasteiger partial charge in [0.2, 0.25) is 11.1 Å². The minimum atomic E-state index is -0.187. The van der Waals surface area contributed by atoms with Gasteiger partial charge < -0.3 is 19.7 Å². The molecule has 0 fully saturated rings. The number of nitrogens with zero attached hydrogens (tertiary/aromatic N) is 5. The second-order valence-corrected chi connectivity index (χ2v) is 8.08. The van der Waals surface area contributed by atoms with Gasteiger partial charge in [-0.2, -0.15) is 0 Å². The maximum Gasteiger partial charge on any atom is 0.253 e.